The number of hydrogen-bond donors (Lipinski definition) is 0. The van der Waals surface area contributed by atoms with E-state index in [0.29, 0.717) is 5.92 Å². The highest BCUT2D eigenvalue weighted by atomic mass is 16.5. The predicted molar refractivity (Wildman–Crippen MR) is 88.2 cm³/mol. The molecule has 0 N–H and O–H groups in total. The van der Waals surface area contributed by atoms with E-state index in [9.17, 15) is 0 Å². The van der Waals surface area contributed by atoms with Gasteiger partial charge in [0.15, 0.2) is 0 Å². The maximum atomic E-state index is 5.88. The Morgan fingerprint density at radius 3 is 2.87 bits per heavy atom. The first kappa shape index (κ1) is 15.9. The zero-order chi connectivity index (χ0) is 16.2. The van der Waals surface area contributed by atoms with Crippen molar-refractivity contribution in [3.8, 4) is 5.88 Å². The highest BCUT2D eigenvalue weighted by Crippen LogP contribution is 2.19. The molecule has 1 aliphatic rings. The van der Waals surface area contributed by atoms with Crippen molar-refractivity contribution in [3.05, 3.63) is 35.5 Å². The molecule has 2 aromatic heterocycles. The Labute approximate surface area is 137 Å². The van der Waals surface area contributed by atoms with E-state index in [1.807, 2.05) is 39.1 Å². The van der Waals surface area contributed by atoms with Crippen molar-refractivity contribution in [1.82, 2.24) is 24.6 Å². The summed E-state index contributed by atoms with van der Waals surface area (Å²) in [7, 11) is 2.03. The molecule has 1 saturated heterocycles. The Hall–Kier alpha value is -1.95. The summed E-state index contributed by atoms with van der Waals surface area (Å²) < 4.78 is 7.95. The number of hydrogen-bond acceptors (Lipinski definition) is 5. The van der Waals surface area contributed by atoms with Crippen molar-refractivity contribution in [2.45, 2.75) is 33.2 Å². The average molecular weight is 315 g/mol. The summed E-state index contributed by atoms with van der Waals surface area (Å²) >= 11 is 0. The normalized spacial score (nSPS) is 19.0. The number of ether oxygens (including phenoxy) is 1. The van der Waals surface area contributed by atoms with Gasteiger partial charge in [-0.2, -0.15) is 0 Å². The maximum Gasteiger partial charge on any atom is 0.213 e. The highest BCUT2D eigenvalue weighted by molar-refractivity contribution is 5.14. The van der Waals surface area contributed by atoms with E-state index < -0.39 is 0 Å². The number of aryl methyl sites for hydroxylation is 2. The van der Waals surface area contributed by atoms with Crippen LogP contribution in [-0.4, -0.2) is 44.3 Å². The lowest BCUT2D eigenvalue weighted by atomic mass is 9.99. The van der Waals surface area contributed by atoms with E-state index in [4.69, 9.17) is 4.74 Å². The molecule has 0 bridgehead atoms. The third kappa shape index (κ3) is 4.07. The number of aromatic nitrogens is 4. The lowest BCUT2D eigenvalue weighted by Gasteiger charge is -2.32. The van der Waals surface area contributed by atoms with Crippen molar-refractivity contribution >= 4 is 0 Å². The van der Waals surface area contributed by atoms with E-state index in [-0.39, 0.29) is 0 Å². The van der Waals surface area contributed by atoms with Crippen molar-refractivity contribution < 1.29 is 4.74 Å². The fourth-order valence-electron chi connectivity index (χ4n) is 3.02. The van der Waals surface area contributed by atoms with E-state index in [0.717, 1.165) is 49.5 Å². The Morgan fingerprint density at radius 1 is 1.26 bits per heavy atom. The van der Waals surface area contributed by atoms with Crippen LogP contribution >= 0.6 is 0 Å². The standard InChI is InChI=1S/C17H25N5O/c1-13-6-4-8-17(18-13)23-12-15-7-5-9-22(10-15)11-16-20-19-14(2)21(16)3/h4,6,8,15H,5,7,9-12H2,1-3H3. The van der Waals surface area contributed by atoms with Crippen LogP contribution in [0, 0.1) is 19.8 Å². The van der Waals surface area contributed by atoms with Gasteiger partial charge < -0.3 is 9.30 Å². The van der Waals surface area contributed by atoms with Crippen LogP contribution in [0.1, 0.15) is 30.2 Å². The molecule has 0 radical (unpaired) electrons. The average Bonchev–Trinajstić information content (AvgIpc) is 2.86. The summed E-state index contributed by atoms with van der Waals surface area (Å²) in [4.78, 5) is 6.85. The van der Waals surface area contributed by atoms with Gasteiger partial charge in [0.25, 0.3) is 0 Å². The van der Waals surface area contributed by atoms with Crippen LogP contribution in [0.15, 0.2) is 18.2 Å². The molecule has 2 aromatic rings. The summed E-state index contributed by atoms with van der Waals surface area (Å²) in [6.45, 7) is 7.71. The van der Waals surface area contributed by atoms with E-state index in [1.165, 1.54) is 12.8 Å². The second-order valence-electron chi connectivity index (χ2n) is 6.39. The molecule has 6 heteroatoms. The van der Waals surface area contributed by atoms with Crippen LogP contribution in [0.2, 0.25) is 0 Å². The number of rotatable bonds is 5. The van der Waals surface area contributed by atoms with Crippen LogP contribution in [0.3, 0.4) is 0 Å². The summed E-state index contributed by atoms with van der Waals surface area (Å²) in [5.41, 5.74) is 0.991. The van der Waals surface area contributed by atoms with Gasteiger partial charge in [0.2, 0.25) is 5.88 Å². The first-order valence-corrected chi connectivity index (χ1v) is 8.25. The van der Waals surface area contributed by atoms with Gasteiger partial charge in [0.05, 0.1) is 13.2 Å². The Kier molecular flexibility index (Phi) is 4.91. The van der Waals surface area contributed by atoms with Crippen molar-refractivity contribution in [3.63, 3.8) is 0 Å². The van der Waals surface area contributed by atoms with Gasteiger partial charge >= 0.3 is 0 Å². The Balaban J connectivity index is 1.53. The lowest BCUT2D eigenvalue weighted by molar-refractivity contribution is 0.120. The Bertz CT molecular complexity index is 654. The van der Waals surface area contributed by atoms with Crippen LogP contribution in [0.4, 0.5) is 0 Å². The molecule has 6 nitrogen and oxygen atoms in total. The maximum absolute atomic E-state index is 5.88. The second-order valence-corrected chi connectivity index (χ2v) is 6.39. The molecule has 124 valence electrons. The van der Waals surface area contributed by atoms with Crippen LogP contribution < -0.4 is 4.74 Å². The molecule has 3 rings (SSSR count). The van der Waals surface area contributed by atoms with Gasteiger partial charge in [-0.3, -0.25) is 4.90 Å². The Morgan fingerprint density at radius 2 is 2.13 bits per heavy atom. The van der Waals surface area contributed by atoms with Crippen LogP contribution in [-0.2, 0) is 13.6 Å². The van der Waals surface area contributed by atoms with E-state index >= 15 is 0 Å². The van der Waals surface area contributed by atoms with Crippen molar-refractivity contribution in [1.29, 1.82) is 0 Å². The summed E-state index contributed by atoms with van der Waals surface area (Å²) in [5, 5.41) is 8.41. The molecule has 1 fully saturated rings. The topological polar surface area (TPSA) is 56.1 Å². The molecule has 0 amide bonds. The molecule has 23 heavy (non-hydrogen) atoms. The third-order valence-electron chi connectivity index (χ3n) is 4.48. The van der Waals surface area contributed by atoms with Crippen LogP contribution in [0.25, 0.3) is 0 Å². The molecule has 1 unspecified atom stereocenters. The molecule has 3 heterocycles. The molecule has 1 aliphatic heterocycles. The smallest absolute Gasteiger partial charge is 0.213 e. The summed E-state index contributed by atoms with van der Waals surface area (Å²) in [6, 6.07) is 5.90. The quantitative estimate of drug-likeness (QED) is 0.846. The van der Waals surface area contributed by atoms with Crippen molar-refractivity contribution in [2.75, 3.05) is 19.7 Å². The molecule has 0 aliphatic carbocycles. The molecular weight excluding hydrogens is 290 g/mol. The third-order valence-corrected chi connectivity index (χ3v) is 4.48. The number of piperidine rings is 1. The number of nitrogens with zero attached hydrogens (tertiary/aromatic N) is 5. The number of pyridine rings is 1. The molecule has 0 spiro atoms. The van der Waals surface area contributed by atoms with E-state index in [2.05, 4.69) is 24.6 Å². The zero-order valence-corrected chi connectivity index (χ0v) is 14.2. The zero-order valence-electron chi connectivity index (χ0n) is 14.2. The predicted octanol–water partition coefficient (Wildman–Crippen LogP) is 2.12. The van der Waals surface area contributed by atoms with Gasteiger partial charge in [0.1, 0.15) is 11.6 Å². The minimum absolute atomic E-state index is 0.542. The van der Waals surface area contributed by atoms with E-state index in [1.54, 1.807) is 0 Å². The highest BCUT2D eigenvalue weighted by Gasteiger charge is 2.22. The first-order chi connectivity index (χ1) is 11.1. The van der Waals surface area contributed by atoms with Gasteiger partial charge in [-0.15, -0.1) is 10.2 Å². The second kappa shape index (κ2) is 7.08. The monoisotopic (exact) mass is 315 g/mol. The largest absolute Gasteiger partial charge is 0.477 e. The molecule has 0 aromatic carbocycles. The minimum atomic E-state index is 0.542. The fraction of sp³-hybridized carbons (Fsp3) is 0.588. The molecule has 0 saturated carbocycles. The van der Waals surface area contributed by atoms with Crippen molar-refractivity contribution in [2.24, 2.45) is 13.0 Å². The molecular formula is C17H25N5O. The number of likely N-dealkylation sites (tertiary alicyclic amines) is 1. The summed E-state index contributed by atoms with van der Waals surface area (Å²) in [5.74, 6) is 3.26. The summed E-state index contributed by atoms with van der Waals surface area (Å²) in [6.07, 6.45) is 2.41. The van der Waals surface area contributed by atoms with Crippen LogP contribution in [0.5, 0.6) is 5.88 Å². The van der Waals surface area contributed by atoms with Gasteiger partial charge in [-0.05, 0) is 39.3 Å². The van der Waals surface area contributed by atoms with Gasteiger partial charge in [-0.25, -0.2) is 4.98 Å². The van der Waals surface area contributed by atoms with Gasteiger partial charge in [0, 0.05) is 31.3 Å². The SMILES string of the molecule is Cc1cccc(OCC2CCCN(Cc3nnc(C)n3C)C2)n1. The lowest BCUT2D eigenvalue weighted by Crippen LogP contribution is -2.37. The molecule has 1 atom stereocenters. The first-order valence-electron chi connectivity index (χ1n) is 8.25. The fourth-order valence-corrected chi connectivity index (χ4v) is 3.02. The van der Waals surface area contributed by atoms with Gasteiger partial charge in [-0.1, -0.05) is 6.07 Å². The minimum Gasteiger partial charge on any atom is -0.477 e.